The van der Waals surface area contributed by atoms with Gasteiger partial charge in [0, 0.05) is 0 Å². The van der Waals surface area contributed by atoms with Gasteiger partial charge in [0.1, 0.15) is 13.2 Å². The number of carbonyl (C=O) groups is 3. The van der Waals surface area contributed by atoms with Crippen LogP contribution in [0.15, 0.2) is 41.5 Å². The second-order valence-corrected chi connectivity index (χ2v) is 5.86. The van der Waals surface area contributed by atoms with Crippen molar-refractivity contribution in [2.45, 2.75) is 27.7 Å². The van der Waals surface area contributed by atoms with Crippen molar-refractivity contribution in [2.24, 2.45) is 0 Å². The average Bonchev–Trinajstić information content (AvgIpc) is 2.53. The normalized spacial score (nSPS) is 9.76. The molecule has 134 valence electrons. The van der Waals surface area contributed by atoms with Crippen molar-refractivity contribution in [2.75, 3.05) is 13.2 Å². The molecule has 0 heterocycles. The number of carbonyl (C=O) groups excluding carboxylic acids is 2. The molecule has 0 aliphatic heterocycles. The molecule has 0 aromatic heterocycles. The fourth-order valence-corrected chi connectivity index (χ4v) is 1.72. The minimum absolute atomic E-state index is 0.0174. The van der Waals surface area contributed by atoms with Gasteiger partial charge in [-0.05, 0) is 58.0 Å². The fourth-order valence-electron chi connectivity index (χ4n) is 1.72. The van der Waals surface area contributed by atoms with E-state index in [1.54, 1.807) is 12.2 Å². The van der Waals surface area contributed by atoms with Gasteiger partial charge in [-0.3, -0.25) is 0 Å². The molecule has 0 unspecified atom stereocenters. The molecule has 1 N–H and O–H groups in total. The highest BCUT2D eigenvalue weighted by molar-refractivity contribution is 6.00. The summed E-state index contributed by atoms with van der Waals surface area (Å²) in [5.41, 5.74) is 1.74. The molecule has 1 aromatic carbocycles. The predicted molar refractivity (Wildman–Crippen MR) is 92.8 cm³/mol. The van der Waals surface area contributed by atoms with Crippen LogP contribution in [0.1, 0.15) is 58.8 Å². The van der Waals surface area contributed by atoms with Crippen molar-refractivity contribution in [1.82, 2.24) is 0 Å². The summed E-state index contributed by atoms with van der Waals surface area (Å²) in [5.74, 6) is -2.67. The summed E-state index contributed by atoms with van der Waals surface area (Å²) in [6.07, 6.45) is 3.43. The van der Waals surface area contributed by atoms with Crippen LogP contribution < -0.4 is 0 Å². The molecule has 1 rings (SSSR count). The van der Waals surface area contributed by atoms with E-state index in [-0.39, 0.29) is 29.9 Å². The highest BCUT2D eigenvalue weighted by Crippen LogP contribution is 2.14. The van der Waals surface area contributed by atoms with E-state index in [9.17, 15) is 19.5 Å². The zero-order valence-electron chi connectivity index (χ0n) is 14.8. The molecule has 0 aliphatic rings. The number of hydrogen-bond acceptors (Lipinski definition) is 5. The van der Waals surface area contributed by atoms with Crippen LogP contribution in [0.25, 0.3) is 0 Å². The van der Waals surface area contributed by atoms with Crippen LogP contribution in [0.4, 0.5) is 0 Å². The van der Waals surface area contributed by atoms with E-state index in [1.807, 2.05) is 27.7 Å². The van der Waals surface area contributed by atoms with Crippen LogP contribution >= 0.6 is 0 Å². The maximum absolute atomic E-state index is 12.1. The van der Waals surface area contributed by atoms with E-state index in [0.717, 1.165) is 11.1 Å². The number of benzene rings is 1. The number of allylic oxidation sites excluding steroid dienone is 2. The predicted octanol–water partition coefficient (Wildman–Crippen LogP) is 3.63. The van der Waals surface area contributed by atoms with E-state index in [2.05, 4.69) is 0 Å². The third kappa shape index (κ3) is 7.03. The minimum atomic E-state index is -1.25. The van der Waals surface area contributed by atoms with E-state index in [0.29, 0.717) is 0 Å². The van der Waals surface area contributed by atoms with Crippen molar-refractivity contribution in [3.8, 4) is 0 Å². The molecule has 1 aromatic rings. The van der Waals surface area contributed by atoms with Gasteiger partial charge >= 0.3 is 17.9 Å². The van der Waals surface area contributed by atoms with E-state index in [1.165, 1.54) is 18.2 Å². The van der Waals surface area contributed by atoms with Gasteiger partial charge in [-0.2, -0.15) is 0 Å². The zero-order chi connectivity index (χ0) is 19.0. The number of carboxylic acids is 1. The molecule has 25 heavy (non-hydrogen) atoms. The van der Waals surface area contributed by atoms with Crippen molar-refractivity contribution in [1.29, 1.82) is 0 Å². The maximum atomic E-state index is 12.1. The quantitative estimate of drug-likeness (QED) is 0.599. The minimum Gasteiger partial charge on any atom is -0.478 e. The van der Waals surface area contributed by atoms with Crippen molar-refractivity contribution in [3.05, 3.63) is 58.2 Å². The molecular formula is C19H22O6. The first kappa shape index (κ1) is 20.2. The summed E-state index contributed by atoms with van der Waals surface area (Å²) in [6, 6.07) is 3.60. The Kier molecular flexibility index (Phi) is 7.59. The molecule has 6 nitrogen and oxygen atoms in total. The van der Waals surface area contributed by atoms with E-state index < -0.39 is 17.9 Å². The number of carboxylic acid groups (broad SMARTS) is 1. The summed E-state index contributed by atoms with van der Waals surface area (Å²) in [7, 11) is 0. The lowest BCUT2D eigenvalue weighted by atomic mass is 10.1. The lowest BCUT2D eigenvalue weighted by molar-refractivity contribution is 0.0547. The van der Waals surface area contributed by atoms with Crippen LogP contribution in [0.2, 0.25) is 0 Å². The van der Waals surface area contributed by atoms with Gasteiger partial charge in [0.25, 0.3) is 0 Å². The maximum Gasteiger partial charge on any atom is 0.338 e. The Hall–Kier alpha value is -2.89. The number of esters is 2. The van der Waals surface area contributed by atoms with Crippen LogP contribution in [0.3, 0.4) is 0 Å². The summed E-state index contributed by atoms with van der Waals surface area (Å²) < 4.78 is 10.1. The average molecular weight is 346 g/mol. The lowest BCUT2D eigenvalue weighted by Gasteiger charge is -2.08. The SMILES string of the molecule is CC(C)=CCOC(=O)c1cc(C(=O)O)cc(C(=O)OCC=C(C)C)c1. The first-order chi connectivity index (χ1) is 11.7. The summed E-state index contributed by atoms with van der Waals surface area (Å²) >= 11 is 0. The van der Waals surface area contributed by atoms with Gasteiger partial charge in [0.2, 0.25) is 0 Å². The number of hydrogen-bond donors (Lipinski definition) is 1. The standard InChI is InChI=1S/C19H22O6/c1-12(2)5-7-24-18(22)15-9-14(17(20)21)10-16(11-15)19(23)25-8-6-13(3)4/h5-6,9-11H,7-8H2,1-4H3,(H,20,21). The smallest absolute Gasteiger partial charge is 0.338 e. The summed E-state index contributed by atoms with van der Waals surface area (Å²) in [5, 5.41) is 9.17. The van der Waals surface area contributed by atoms with Crippen LogP contribution in [-0.2, 0) is 9.47 Å². The number of rotatable bonds is 7. The van der Waals surface area contributed by atoms with Gasteiger partial charge in [-0.25, -0.2) is 14.4 Å². The molecule has 0 spiro atoms. The fraction of sp³-hybridized carbons (Fsp3) is 0.316. The first-order valence-corrected chi connectivity index (χ1v) is 7.70. The topological polar surface area (TPSA) is 89.9 Å². The van der Waals surface area contributed by atoms with Gasteiger partial charge in [-0.15, -0.1) is 0 Å². The Morgan fingerprint density at radius 3 is 1.48 bits per heavy atom. The molecule has 0 bridgehead atoms. The van der Waals surface area contributed by atoms with Crippen LogP contribution in [-0.4, -0.2) is 36.2 Å². The highest BCUT2D eigenvalue weighted by Gasteiger charge is 2.17. The van der Waals surface area contributed by atoms with Crippen LogP contribution in [0, 0.1) is 0 Å². The van der Waals surface area contributed by atoms with Gasteiger partial charge < -0.3 is 14.6 Å². The van der Waals surface area contributed by atoms with Crippen molar-refractivity contribution < 1.29 is 29.0 Å². The monoisotopic (exact) mass is 346 g/mol. The summed E-state index contributed by atoms with van der Waals surface area (Å²) in [6.45, 7) is 7.58. The van der Waals surface area contributed by atoms with E-state index >= 15 is 0 Å². The van der Waals surface area contributed by atoms with Gasteiger partial charge in [-0.1, -0.05) is 11.1 Å². The molecule has 0 amide bonds. The Labute approximate surface area is 146 Å². The third-order valence-corrected chi connectivity index (χ3v) is 3.06. The summed E-state index contributed by atoms with van der Waals surface area (Å²) in [4.78, 5) is 35.4. The van der Waals surface area contributed by atoms with Gasteiger partial charge in [0.15, 0.2) is 0 Å². The molecule has 6 heteroatoms. The molecule has 0 atom stereocenters. The Bertz CT molecular complexity index is 667. The number of aromatic carboxylic acids is 1. The Morgan fingerprint density at radius 1 is 0.800 bits per heavy atom. The van der Waals surface area contributed by atoms with Gasteiger partial charge in [0.05, 0.1) is 16.7 Å². The van der Waals surface area contributed by atoms with Crippen LogP contribution in [0.5, 0.6) is 0 Å². The highest BCUT2D eigenvalue weighted by atomic mass is 16.5. The molecule has 0 saturated heterocycles. The molecule has 0 fully saturated rings. The molecule has 0 radical (unpaired) electrons. The Balaban J connectivity index is 3.02. The zero-order valence-corrected chi connectivity index (χ0v) is 14.8. The molecule has 0 saturated carbocycles. The second kappa shape index (κ2) is 9.42. The second-order valence-electron chi connectivity index (χ2n) is 5.86. The molecular weight excluding hydrogens is 324 g/mol. The van der Waals surface area contributed by atoms with Crippen molar-refractivity contribution in [3.63, 3.8) is 0 Å². The van der Waals surface area contributed by atoms with Crippen molar-refractivity contribution >= 4 is 17.9 Å². The lowest BCUT2D eigenvalue weighted by Crippen LogP contribution is -2.12. The number of ether oxygens (including phenoxy) is 2. The third-order valence-electron chi connectivity index (χ3n) is 3.06. The Morgan fingerprint density at radius 2 is 1.16 bits per heavy atom. The largest absolute Gasteiger partial charge is 0.478 e. The molecule has 0 aliphatic carbocycles. The van der Waals surface area contributed by atoms with E-state index in [4.69, 9.17) is 9.47 Å². The first-order valence-electron chi connectivity index (χ1n) is 7.70.